The maximum atomic E-state index is 6.50. The number of nitrogens with two attached hydrogens (primary N) is 1. The van der Waals surface area contributed by atoms with Gasteiger partial charge in [-0.15, -0.1) is 0 Å². The summed E-state index contributed by atoms with van der Waals surface area (Å²) in [7, 11) is 0. The first-order valence-corrected chi connectivity index (χ1v) is 8.20. The molecular weight excluding hydrogens is 272 g/mol. The van der Waals surface area contributed by atoms with E-state index in [9.17, 15) is 0 Å². The lowest BCUT2D eigenvalue weighted by molar-refractivity contribution is 0.293. The maximum Gasteiger partial charge on any atom is 0.0850 e. The van der Waals surface area contributed by atoms with Gasteiger partial charge in [0.15, 0.2) is 0 Å². The first kappa shape index (κ1) is 15.8. The minimum atomic E-state index is 0.289. The summed E-state index contributed by atoms with van der Waals surface area (Å²) in [6.45, 7) is 7.38. The van der Waals surface area contributed by atoms with Crippen molar-refractivity contribution in [2.45, 2.75) is 65.5 Å². The molecule has 1 fully saturated rings. The van der Waals surface area contributed by atoms with Crippen molar-refractivity contribution in [3.05, 3.63) is 16.4 Å². The molecule has 1 aliphatic carbocycles. The summed E-state index contributed by atoms with van der Waals surface area (Å²) < 4.78 is 2.03. The number of nitrogens with zero attached hydrogens (tertiary/aromatic N) is 2. The second kappa shape index (κ2) is 6.92. The van der Waals surface area contributed by atoms with Crippen molar-refractivity contribution in [2.75, 3.05) is 0 Å². The van der Waals surface area contributed by atoms with E-state index in [1.54, 1.807) is 0 Å². The first-order chi connectivity index (χ1) is 9.62. The van der Waals surface area contributed by atoms with Crippen LogP contribution in [0.2, 0.25) is 5.02 Å². The number of halogens is 1. The van der Waals surface area contributed by atoms with Gasteiger partial charge in [-0.25, -0.2) is 0 Å². The third-order valence-corrected chi connectivity index (χ3v) is 5.20. The average molecular weight is 299 g/mol. The van der Waals surface area contributed by atoms with E-state index in [4.69, 9.17) is 17.4 Å². The highest BCUT2D eigenvalue weighted by Gasteiger charge is 2.31. The molecule has 4 nitrogen and oxygen atoms in total. The molecule has 0 radical (unpaired) electrons. The van der Waals surface area contributed by atoms with Gasteiger partial charge in [0.2, 0.25) is 0 Å². The van der Waals surface area contributed by atoms with Crippen LogP contribution in [0.3, 0.4) is 0 Å². The van der Waals surface area contributed by atoms with Crippen LogP contribution in [-0.2, 0) is 19.4 Å². The highest BCUT2D eigenvalue weighted by atomic mass is 35.5. The van der Waals surface area contributed by atoms with Crippen LogP contribution in [0.4, 0.5) is 0 Å². The summed E-state index contributed by atoms with van der Waals surface area (Å²) in [5.74, 6) is 7.20. The molecule has 3 unspecified atom stereocenters. The number of nitrogens with one attached hydrogen (secondary N) is 1. The molecule has 3 N–H and O–H groups in total. The molecule has 0 bridgehead atoms. The van der Waals surface area contributed by atoms with Gasteiger partial charge in [-0.1, -0.05) is 38.3 Å². The van der Waals surface area contributed by atoms with Gasteiger partial charge in [-0.05, 0) is 31.6 Å². The highest BCUT2D eigenvalue weighted by Crippen LogP contribution is 2.35. The molecule has 1 aromatic rings. The van der Waals surface area contributed by atoms with Crippen LogP contribution in [0.5, 0.6) is 0 Å². The van der Waals surface area contributed by atoms with E-state index >= 15 is 0 Å². The summed E-state index contributed by atoms with van der Waals surface area (Å²) >= 11 is 6.50. The fraction of sp³-hybridized carbons (Fsp3) is 0.800. The van der Waals surface area contributed by atoms with Gasteiger partial charge in [-0.2, -0.15) is 5.10 Å². The Morgan fingerprint density at radius 2 is 2.20 bits per heavy atom. The Morgan fingerprint density at radius 3 is 2.70 bits per heavy atom. The zero-order valence-corrected chi connectivity index (χ0v) is 13.6. The van der Waals surface area contributed by atoms with Crippen molar-refractivity contribution in [3.63, 3.8) is 0 Å². The predicted octanol–water partition coefficient (Wildman–Crippen LogP) is 2.93. The summed E-state index contributed by atoms with van der Waals surface area (Å²) in [5, 5.41) is 5.43. The highest BCUT2D eigenvalue weighted by molar-refractivity contribution is 6.31. The Kier molecular flexibility index (Phi) is 5.47. The second-order valence-corrected chi connectivity index (χ2v) is 6.30. The fourth-order valence-corrected chi connectivity index (χ4v) is 3.87. The Morgan fingerprint density at radius 1 is 1.45 bits per heavy atom. The van der Waals surface area contributed by atoms with Crippen LogP contribution in [0.1, 0.15) is 51.4 Å². The molecule has 1 aliphatic rings. The van der Waals surface area contributed by atoms with Gasteiger partial charge in [0.1, 0.15) is 0 Å². The normalized spacial score (nSPS) is 24.2. The SMILES string of the molecule is CCc1nn(CC)c(CC(NN)C2CCCC2C)c1Cl. The third kappa shape index (κ3) is 3.02. The quantitative estimate of drug-likeness (QED) is 0.627. The lowest BCUT2D eigenvalue weighted by atomic mass is 9.88. The molecule has 0 spiro atoms. The minimum absolute atomic E-state index is 0.289. The lowest BCUT2D eigenvalue weighted by Gasteiger charge is -2.26. The summed E-state index contributed by atoms with van der Waals surface area (Å²) in [5.41, 5.74) is 5.16. The fourth-order valence-electron chi connectivity index (χ4n) is 3.53. The van der Waals surface area contributed by atoms with Crippen LogP contribution >= 0.6 is 11.6 Å². The van der Waals surface area contributed by atoms with E-state index < -0.39 is 0 Å². The summed E-state index contributed by atoms with van der Waals surface area (Å²) in [6.07, 6.45) is 5.62. The zero-order chi connectivity index (χ0) is 14.7. The molecule has 114 valence electrons. The molecule has 2 rings (SSSR count). The van der Waals surface area contributed by atoms with Crippen molar-refractivity contribution < 1.29 is 0 Å². The van der Waals surface area contributed by atoms with Gasteiger partial charge in [-0.3, -0.25) is 16.0 Å². The summed E-state index contributed by atoms with van der Waals surface area (Å²) in [6, 6.07) is 0.289. The molecule has 20 heavy (non-hydrogen) atoms. The van der Waals surface area contributed by atoms with Crippen LogP contribution in [0, 0.1) is 11.8 Å². The Balaban J connectivity index is 2.20. The standard InChI is InChI=1S/C15H27ClN4/c1-4-12-15(16)14(20(5-2)19-12)9-13(18-17)11-8-6-7-10(11)3/h10-11,13,18H,4-9,17H2,1-3H3. The third-order valence-electron chi connectivity index (χ3n) is 4.77. The van der Waals surface area contributed by atoms with Crippen LogP contribution < -0.4 is 11.3 Å². The number of aryl methyl sites for hydroxylation is 2. The second-order valence-electron chi connectivity index (χ2n) is 5.93. The van der Waals surface area contributed by atoms with E-state index in [1.165, 1.54) is 19.3 Å². The molecule has 3 atom stereocenters. The number of aromatic nitrogens is 2. The molecule has 1 aromatic heterocycles. The Hall–Kier alpha value is -0.580. The molecular formula is C15H27ClN4. The van der Waals surface area contributed by atoms with E-state index in [1.807, 2.05) is 4.68 Å². The maximum absolute atomic E-state index is 6.50. The van der Waals surface area contributed by atoms with Gasteiger partial charge in [0, 0.05) is 19.0 Å². The van der Waals surface area contributed by atoms with Crippen molar-refractivity contribution in [1.29, 1.82) is 0 Å². The molecule has 0 aliphatic heterocycles. The largest absolute Gasteiger partial charge is 0.271 e. The molecule has 1 heterocycles. The predicted molar refractivity (Wildman–Crippen MR) is 83.6 cm³/mol. The van der Waals surface area contributed by atoms with Crippen molar-refractivity contribution in [2.24, 2.45) is 17.7 Å². The zero-order valence-electron chi connectivity index (χ0n) is 12.8. The molecule has 1 saturated carbocycles. The lowest BCUT2D eigenvalue weighted by Crippen LogP contribution is -2.43. The average Bonchev–Trinajstić information content (AvgIpc) is 3.00. The van der Waals surface area contributed by atoms with E-state index in [-0.39, 0.29) is 6.04 Å². The van der Waals surface area contributed by atoms with Gasteiger partial charge in [0.25, 0.3) is 0 Å². The van der Waals surface area contributed by atoms with Gasteiger partial charge >= 0.3 is 0 Å². The van der Waals surface area contributed by atoms with Crippen LogP contribution in [-0.4, -0.2) is 15.8 Å². The molecule has 0 aromatic carbocycles. The Bertz CT molecular complexity index is 443. The molecule has 0 amide bonds. The van der Waals surface area contributed by atoms with E-state index in [2.05, 4.69) is 31.3 Å². The monoisotopic (exact) mass is 298 g/mol. The van der Waals surface area contributed by atoms with Crippen molar-refractivity contribution >= 4 is 11.6 Å². The van der Waals surface area contributed by atoms with E-state index in [0.29, 0.717) is 5.92 Å². The van der Waals surface area contributed by atoms with Crippen LogP contribution in [0.15, 0.2) is 0 Å². The molecule has 0 saturated heterocycles. The van der Waals surface area contributed by atoms with Crippen molar-refractivity contribution in [3.8, 4) is 0 Å². The number of hydrogen-bond acceptors (Lipinski definition) is 3. The van der Waals surface area contributed by atoms with E-state index in [0.717, 1.165) is 41.7 Å². The van der Waals surface area contributed by atoms with Gasteiger partial charge < -0.3 is 0 Å². The first-order valence-electron chi connectivity index (χ1n) is 7.82. The van der Waals surface area contributed by atoms with Crippen molar-refractivity contribution in [1.82, 2.24) is 15.2 Å². The number of rotatable bonds is 6. The summed E-state index contributed by atoms with van der Waals surface area (Å²) in [4.78, 5) is 0. The topological polar surface area (TPSA) is 55.9 Å². The van der Waals surface area contributed by atoms with Crippen LogP contribution in [0.25, 0.3) is 0 Å². The minimum Gasteiger partial charge on any atom is -0.271 e. The Labute approximate surface area is 127 Å². The number of hydrazine groups is 1. The number of hydrogen-bond donors (Lipinski definition) is 2. The molecule has 5 heteroatoms. The smallest absolute Gasteiger partial charge is 0.0850 e. The van der Waals surface area contributed by atoms with Gasteiger partial charge in [0.05, 0.1) is 16.4 Å².